The number of aromatic nitrogens is 1. The van der Waals surface area contributed by atoms with Gasteiger partial charge in [-0.25, -0.2) is 9.59 Å². The van der Waals surface area contributed by atoms with Crippen molar-refractivity contribution >= 4 is 23.8 Å². The summed E-state index contributed by atoms with van der Waals surface area (Å²) in [5.74, 6) is -0.377. The molecule has 0 unspecified atom stereocenters. The summed E-state index contributed by atoms with van der Waals surface area (Å²) in [7, 11) is 0. The van der Waals surface area contributed by atoms with Gasteiger partial charge >= 0.3 is 12.1 Å². The summed E-state index contributed by atoms with van der Waals surface area (Å²) >= 11 is 0. The van der Waals surface area contributed by atoms with E-state index in [-0.39, 0.29) is 24.7 Å². The van der Waals surface area contributed by atoms with Crippen molar-refractivity contribution in [3.05, 3.63) is 66.0 Å². The van der Waals surface area contributed by atoms with Gasteiger partial charge in [-0.05, 0) is 37.0 Å². The smallest absolute Gasteiger partial charge is 0.415 e. The van der Waals surface area contributed by atoms with Gasteiger partial charge in [0.15, 0.2) is 0 Å². The van der Waals surface area contributed by atoms with Gasteiger partial charge in [-0.1, -0.05) is 30.3 Å². The summed E-state index contributed by atoms with van der Waals surface area (Å²) in [6.07, 6.45) is 8.84. The topological polar surface area (TPSA) is 68.7 Å². The molecule has 1 saturated carbocycles. The molecule has 1 aliphatic carbocycles. The summed E-state index contributed by atoms with van der Waals surface area (Å²) in [6, 6.07) is 11.2. The lowest BCUT2D eigenvalue weighted by Gasteiger charge is -2.24. The lowest BCUT2D eigenvalue weighted by atomic mass is 9.96. The number of rotatable bonds is 5. The van der Waals surface area contributed by atoms with Crippen molar-refractivity contribution in [2.24, 2.45) is 0 Å². The lowest BCUT2D eigenvalue weighted by Crippen LogP contribution is -2.28. The number of carbonyl (C=O) groups excluding carboxylic acids is 2. The van der Waals surface area contributed by atoms with Crippen LogP contribution in [0.1, 0.15) is 36.4 Å². The minimum Gasteiger partial charge on any atom is -0.459 e. The van der Waals surface area contributed by atoms with Gasteiger partial charge in [0.05, 0.1) is 11.7 Å². The highest BCUT2D eigenvalue weighted by molar-refractivity contribution is 5.95. The summed E-state index contributed by atoms with van der Waals surface area (Å²) < 4.78 is 10.6. The standard InChI is InChI=1S/C21H20N2O4/c24-20(27-17-7-4-8-17)10-9-16-13-22-12-11-18(16)23-19(14-26-21(23)25)15-5-2-1-3-6-15/h1-3,5-6,9-13,17,19H,4,7-8,14H2/t19-/m0/s1. The van der Waals surface area contributed by atoms with E-state index in [9.17, 15) is 9.59 Å². The van der Waals surface area contributed by atoms with Crippen LogP contribution in [0.25, 0.3) is 6.08 Å². The van der Waals surface area contributed by atoms with Gasteiger partial charge in [-0.3, -0.25) is 9.88 Å². The number of pyridine rings is 1. The molecule has 1 aromatic heterocycles. The molecule has 0 spiro atoms. The van der Waals surface area contributed by atoms with E-state index in [1.54, 1.807) is 29.4 Å². The molecule has 6 nitrogen and oxygen atoms in total. The molecule has 2 fully saturated rings. The second-order valence-electron chi connectivity index (χ2n) is 6.63. The van der Waals surface area contributed by atoms with Crippen molar-refractivity contribution in [2.45, 2.75) is 31.4 Å². The molecule has 1 saturated heterocycles. The fourth-order valence-corrected chi connectivity index (χ4v) is 3.21. The molecule has 1 amide bonds. The maximum absolute atomic E-state index is 12.4. The van der Waals surface area contributed by atoms with E-state index < -0.39 is 6.09 Å². The molecule has 0 bridgehead atoms. The Labute approximate surface area is 157 Å². The van der Waals surface area contributed by atoms with Crippen molar-refractivity contribution in [1.29, 1.82) is 0 Å². The Morgan fingerprint density at radius 2 is 2.04 bits per heavy atom. The molecule has 1 aromatic carbocycles. The van der Waals surface area contributed by atoms with E-state index in [1.807, 2.05) is 30.3 Å². The van der Waals surface area contributed by atoms with Crippen LogP contribution in [0.5, 0.6) is 0 Å². The van der Waals surface area contributed by atoms with Gasteiger partial charge in [-0.15, -0.1) is 0 Å². The zero-order valence-electron chi connectivity index (χ0n) is 14.8. The van der Waals surface area contributed by atoms with Crippen LogP contribution in [-0.4, -0.2) is 29.8 Å². The van der Waals surface area contributed by atoms with Crippen molar-refractivity contribution < 1.29 is 19.1 Å². The number of amides is 1. The average molecular weight is 364 g/mol. The predicted molar refractivity (Wildman–Crippen MR) is 100 cm³/mol. The molecule has 6 heteroatoms. The van der Waals surface area contributed by atoms with Gasteiger partial charge in [0.2, 0.25) is 0 Å². The fourth-order valence-electron chi connectivity index (χ4n) is 3.21. The molecule has 27 heavy (non-hydrogen) atoms. The van der Waals surface area contributed by atoms with E-state index in [0.717, 1.165) is 24.8 Å². The van der Waals surface area contributed by atoms with Crippen LogP contribution >= 0.6 is 0 Å². The molecule has 2 heterocycles. The number of nitrogens with zero attached hydrogens (tertiary/aromatic N) is 2. The van der Waals surface area contributed by atoms with E-state index in [2.05, 4.69) is 4.98 Å². The molecular formula is C21H20N2O4. The van der Waals surface area contributed by atoms with E-state index >= 15 is 0 Å². The Bertz CT molecular complexity index is 861. The molecule has 1 aliphatic heterocycles. The molecule has 2 aromatic rings. The zero-order valence-corrected chi connectivity index (χ0v) is 14.8. The molecular weight excluding hydrogens is 344 g/mol. The third-order valence-electron chi connectivity index (χ3n) is 4.88. The number of hydrogen-bond acceptors (Lipinski definition) is 5. The number of hydrogen-bond donors (Lipinski definition) is 0. The molecule has 138 valence electrons. The monoisotopic (exact) mass is 364 g/mol. The largest absolute Gasteiger partial charge is 0.459 e. The van der Waals surface area contributed by atoms with Crippen LogP contribution < -0.4 is 4.90 Å². The highest BCUT2D eigenvalue weighted by Crippen LogP contribution is 2.35. The normalized spacial score (nSPS) is 19.8. The number of esters is 1. The van der Waals surface area contributed by atoms with Gasteiger partial charge in [-0.2, -0.15) is 0 Å². The van der Waals surface area contributed by atoms with Crippen molar-refractivity contribution in [2.75, 3.05) is 11.5 Å². The Hall–Kier alpha value is -3.15. The summed E-state index contributed by atoms with van der Waals surface area (Å²) in [5.41, 5.74) is 2.29. The maximum atomic E-state index is 12.4. The fraction of sp³-hybridized carbons (Fsp3) is 0.286. The Morgan fingerprint density at radius 1 is 1.22 bits per heavy atom. The van der Waals surface area contributed by atoms with Crippen molar-refractivity contribution in [3.63, 3.8) is 0 Å². The average Bonchev–Trinajstić information content (AvgIpc) is 3.05. The molecule has 1 atom stereocenters. The van der Waals surface area contributed by atoms with Crippen LogP contribution in [0, 0.1) is 0 Å². The zero-order chi connectivity index (χ0) is 18.6. The van der Waals surface area contributed by atoms with Crippen molar-refractivity contribution in [3.8, 4) is 0 Å². The second kappa shape index (κ2) is 7.61. The van der Waals surface area contributed by atoms with Crippen LogP contribution in [0.3, 0.4) is 0 Å². The maximum Gasteiger partial charge on any atom is 0.415 e. The first-order valence-corrected chi connectivity index (χ1v) is 9.06. The van der Waals surface area contributed by atoms with E-state index in [1.165, 1.54) is 6.08 Å². The minimum atomic E-state index is -0.415. The Morgan fingerprint density at radius 3 is 2.78 bits per heavy atom. The third kappa shape index (κ3) is 3.69. The number of benzene rings is 1. The second-order valence-corrected chi connectivity index (χ2v) is 6.63. The summed E-state index contributed by atoms with van der Waals surface area (Å²) in [4.78, 5) is 30.1. The third-order valence-corrected chi connectivity index (χ3v) is 4.88. The minimum absolute atomic E-state index is 0.0338. The van der Waals surface area contributed by atoms with E-state index in [4.69, 9.17) is 9.47 Å². The number of carbonyl (C=O) groups is 2. The Kier molecular flexibility index (Phi) is 4.87. The molecule has 4 rings (SSSR count). The first kappa shape index (κ1) is 17.3. The van der Waals surface area contributed by atoms with Crippen molar-refractivity contribution in [1.82, 2.24) is 4.98 Å². The van der Waals surface area contributed by atoms with Gasteiger partial charge in [0.25, 0.3) is 0 Å². The Balaban J connectivity index is 1.59. The highest BCUT2D eigenvalue weighted by atomic mass is 16.6. The first-order chi connectivity index (χ1) is 13.2. The number of anilines is 1. The molecule has 0 radical (unpaired) electrons. The molecule has 0 N–H and O–H groups in total. The van der Waals surface area contributed by atoms with Gasteiger partial charge < -0.3 is 9.47 Å². The number of cyclic esters (lactones) is 1. The summed E-state index contributed by atoms with van der Waals surface area (Å²) in [6.45, 7) is 0.276. The van der Waals surface area contributed by atoms with E-state index in [0.29, 0.717) is 11.3 Å². The van der Waals surface area contributed by atoms with Crippen LogP contribution in [-0.2, 0) is 14.3 Å². The van der Waals surface area contributed by atoms with Gasteiger partial charge in [0, 0.05) is 24.0 Å². The van der Waals surface area contributed by atoms with Crippen LogP contribution in [0.15, 0.2) is 54.9 Å². The van der Waals surface area contributed by atoms with Crippen LogP contribution in [0.4, 0.5) is 10.5 Å². The SMILES string of the molecule is O=C(C=Cc1cnccc1N1C(=O)OC[C@H]1c1ccccc1)OC1CCC1. The highest BCUT2D eigenvalue weighted by Gasteiger charge is 2.36. The van der Waals surface area contributed by atoms with Gasteiger partial charge in [0.1, 0.15) is 12.7 Å². The number of ether oxygens (including phenoxy) is 2. The lowest BCUT2D eigenvalue weighted by molar-refractivity contribution is -0.146. The van der Waals surface area contributed by atoms with Crippen LogP contribution in [0.2, 0.25) is 0 Å². The summed E-state index contributed by atoms with van der Waals surface area (Å²) in [5, 5.41) is 0. The quantitative estimate of drug-likeness (QED) is 0.595. The molecule has 2 aliphatic rings. The first-order valence-electron chi connectivity index (χ1n) is 9.06. The predicted octanol–water partition coefficient (Wildman–Crippen LogP) is 3.89.